The van der Waals surface area contributed by atoms with Gasteiger partial charge in [-0.1, -0.05) is 0 Å². The van der Waals surface area contributed by atoms with Crippen LogP contribution >= 0.6 is 0 Å². The van der Waals surface area contributed by atoms with Gasteiger partial charge in [-0.05, 0) is 21.0 Å². The molecule has 0 amide bonds. The quantitative estimate of drug-likeness (QED) is 0.516. The van der Waals surface area contributed by atoms with E-state index in [1.807, 2.05) is 25.9 Å². The average Bonchev–Trinajstić information content (AvgIpc) is 1.82. The van der Waals surface area contributed by atoms with E-state index in [9.17, 15) is 4.79 Å². The normalized spacial score (nSPS) is 13.6. The second-order valence-electron chi connectivity index (χ2n) is 2.57. The highest BCUT2D eigenvalue weighted by atomic mass is 16.5. The zero-order chi connectivity index (χ0) is 7.98. The van der Waals surface area contributed by atoms with Gasteiger partial charge in [-0.2, -0.15) is 0 Å². The highest BCUT2D eigenvalue weighted by molar-refractivity contribution is 5.50. The van der Waals surface area contributed by atoms with Crippen molar-refractivity contribution in [2.45, 2.75) is 13.0 Å². The molecular formula is C7H15NO2. The van der Waals surface area contributed by atoms with Crippen LogP contribution in [0.1, 0.15) is 6.92 Å². The fourth-order valence-corrected chi connectivity index (χ4v) is 0.770. The van der Waals surface area contributed by atoms with E-state index in [1.54, 1.807) is 0 Å². The SMILES string of the molecule is CC(CN(C)C)OCC=O. The molecular weight excluding hydrogens is 130 g/mol. The summed E-state index contributed by atoms with van der Waals surface area (Å²) >= 11 is 0. The van der Waals surface area contributed by atoms with Gasteiger partial charge in [-0.25, -0.2) is 0 Å². The molecule has 1 unspecified atom stereocenters. The molecule has 60 valence electrons. The molecule has 0 rings (SSSR count). The highest BCUT2D eigenvalue weighted by Gasteiger charge is 2.01. The lowest BCUT2D eigenvalue weighted by atomic mass is 10.4. The van der Waals surface area contributed by atoms with Crippen molar-refractivity contribution in [2.75, 3.05) is 27.2 Å². The third kappa shape index (κ3) is 5.72. The monoisotopic (exact) mass is 145 g/mol. The number of carbonyl (C=O) groups is 1. The van der Waals surface area contributed by atoms with Gasteiger partial charge < -0.3 is 14.4 Å². The van der Waals surface area contributed by atoms with E-state index in [1.165, 1.54) is 0 Å². The first-order valence-electron chi connectivity index (χ1n) is 3.36. The van der Waals surface area contributed by atoms with Crippen molar-refractivity contribution in [2.24, 2.45) is 0 Å². The van der Waals surface area contributed by atoms with E-state index < -0.39 is 0 Å². The Morgan fingerprint density at radius 2 is 2.20 bits per heavy atom. The van der Waals surface area contributed by atoms with Crippen LogP contribution in [0.4, 0.5) is 0 Å². The molecule has 0 aromatic carbocycles. The van der Waals surface area contributed by atoms with Crippen molar-refractivity contribution in [1.29, 1.82) is 0 Å². The number of hydrogen-bond donors (Lipinski definition) is 0. The van der Waals surface area contributed by atoms with Crippen LogP contribution in [-0.2, 0) is 9.53 Å². The second kappa shape index (κ2) is 5.38. The van der Waals surface area contributed by atoms with E-state index in [0.29, 0.717) is 0 Å². The molecule has 0 heterocycles. The van der Waals surface area contributed by atoms with Crippen LogP contribution in [0, 0.1) is 0 Å². The summed E-state index contributed by atoms with van der Waals surface area (Å²) in [4.78, 5) is 11.9. The number of ether oxygens (including phenoxy) is 1. The van der Waals surface area contributed by atoms with E-state index >= 15 is 0 Å². The van der Waals surface area contributed by atoms with Gasteiger partial charge in [0.1, 0.15) is 12.9 Å². The maximum Gasteiger partial charge on any atom is 0.145 e. The van der Waals surface area contributed by atoms with E-state index in [-0.39, 0.29) is 12.7 Å². The van der Waals surface area contributed by atoms with E-state index in [4.69, 9.17) is 4.74 Å². The predicted octanol–water partition coefficient (Wildman–Crippen LogP) is 0.152. The van der Waals surface area contributed by atoms with Gasteiger partial charge >= 0.3 is 0 Å². The number of nitrogens with zero attached hydrogens (tertiary/aromatic N) is 1. The fourth-order valence-electron chi connectivity index (χ4n) is 0.770. The first kappa shape index (κ1) is 9.59. The third-order valence-electron chi connectivity index (χ3n) is 1.07. The van der Waals surface area contributed by atoms with Gasteiger partial charge in [0.05, 0.1) is 6.10 Å². The molecule has 0 saturated carbocycles. The molecule has 0 saturated heterocycles. The maximum atomic E-state index is 9.86. The molecule has 3 heteroatoms. The zero-order valence-corrected chi connectivity index (χ0v) is 6.83. The summed E-state index contributed by atoms with van der Waals surface area (Å²) in [6, 6.07) is 0. The number of rotatable bonds is 5. The number of hydrogen-bond acceptors (Lipinski definition) is 3. The van der Waals surface area contributed by atoms with Gasteiger partial charge in [0.15, 0.2) is 0 Å². The molecule has 0 radical (unpaired) electrons. The van der Waals surface area contributed by atoms with Crippen LogP contribution in [0.5, 0.6) is 0 Å². The van der Waals surface area contributed by atoms with Crippen LogP contribution in [0.2, 0.25) is 0 Å². The smallest absolute Gasteiger partial charge is 0.145 e. The Kier molecular flexibility index (Phi) is 5.16. The van der Waals surface area contributed by atoms with Gasteiger partial charge in [0.2, 0.25) is 0 Å². The summed E-state index contributed by atoms with van der Waals surface area (Å²) in [6.45, 7) is 3.01. The Morgan fingerprint density at radius 3 is 2.60 bits per heavy atom. The molecule has 0 aromatic rings. The van der Waals surface area contributed by atoms with Crippen molar-refractivity contribution in [3.05, 3.63) is 0 Å². The Balaban J connectivity index is 3.24. The standard InChI is InChI=1S/C7H15NO2/c1-7(6-8(2)3)10-5-4-9/h4,7H,5-6H2,1-3H3. The lowest BCUT2D eigenvalue weighted by Gasteiger charge is -2.15. The molecule has 0 N–H and O–H groups in total. The van der Waals surface area contributed by atoms with Crippen molar-refractivity contribution >= 4 is 6.29 Å². The van der Waals surface area contributed by atoms with Crippen LogP contribution in [0.25, 0.3) is 0 Å². The average molecular weight is 145 g/mol. The summed E-state index contributed by atoms with van der Waals surface area (Å²) < 4.78 is 5.09. The summed E-state index contributed by atoms with van der Waals surface area (Å²) in [5, 5.41) is 0. The first-order chi connectivity index (χ1) is 4.66. The largest absolute Gasteiger partial charge is 0.370 e. The van der Waals surface area contributed by atoms with Gasteiger partial charge in [-0.15, -0.1) is 0 Å². The second-order valence-corrected chi connectivity index (χ2v) is 2.57. The molecule has 0 aliphatic rings. The number of likely N-dealkylation sites (N-methyl/N-ethyl adjacent to an activating group) is 1. The molecule has 10 heavy (non-hydrogen) atoms. The Hall–Kier alpha value is -0.410. The molecule has 0 aliphatic carbocycles. The van der Waals surface area contributed by atoms with E-state index in [2.05, 4.69) is 0 Å². The molecule has 0 aliphatic heterocycles. The number of carbonyl (C=O) groups excluding carboxylic acids is 1. The van der Waals surface area contributed by atoms with Gasteiger partial charge in [0.25, 0.3) is 0 Å². The summed E-state index contributed by atoms with van der Waals surface area (Å²) in [5.74, 6) is 0. The predicted molar refractivity (Wildman–Crippen MR) is 40.0 cm³/mol. The van der Waals surface area contributed by atoms with Crippen LogP contribution in [0.15, 0.2) is 0 Å². The van der Waals surface area contributed by atoms with Crippen molar-refractivity contribution < 1.29 is 9.53 Å². The minimum Gasteiger partial charge on any atom is -0.370 e. The van der Waals surface area contributed by atoms with E-state index in [0.717, 1.165) is 12.8 Å². The minimum atomic E-state index is 0.139. The van der Waals surface area contributed by atoms with Crippen LogP contribution < -0.4 is 0 Å². The van der Waals surface area contributed by atoms with Gasteiger partial charge in [0, 0.05) is 6.54 Å². The lowest BCUT2D eigenvalue weighted by Crippen LogP contribution is -2.26. The van der Waals surface area contributed by atoms with Crippen LogP contribution in [-0.4, -0.2) is 44.5 Å². The summed E-state index contributed by atoms with van der Waals surface area (Å²) in [5.41, 5.74) is 0. The minimum absolute atomic E-state index is 0.139. The molecule has 0 aromatic heterocycles. The molecule has 0 bridgehead atoms. The van der Waals surface area contributed by atoms with Crippen LogP contribution in [0.3, 0.4) is 0 Å². The third-order valence-corrected chi connectivity index (χ3v) is 1.07. The summed E-state index contributed by atoms with van der Waals surface area (Å²) in [7, 11) is 3.95. The van der Waals surface area contributed by atoms with Gasteiger partial charge in [-0.3, -0.25) is 0 Å². The Morgan fingerprint density at radius 1 is 1.60 bits per heavy atom. The fraction of sp³-hybridized carbons (Fsp3) is 0.857. The topological polar surface area (TPSA) is 29.5 Å². The summed E-state index contributed by atoms with van der Waals surface area (Å²) in [6.07, 6.45) is 0.909. The Labute approximate surface area is 62.0 Å². The number of aldehydes is 1. The lowest BCUT2D eigenvalue weighted by molar-refractivity contribution is -0.113. The molecule has 0 fully saturated rings. The first-order valence-corrected chi connectivity index (χ1v) is 3.36. The Bertz CT molecular complexity index is 93.6. The van der Waals surface area contributed by atoms with Crippen molar-refractivity contribution in [3.8, 4) is 0 Å². The highest BCUT2D eigenvalue weighted by Crippen LogP contribution is 1.90. The molecule has 0 spiro atoms. The molecule has 1 atom stereocenters. The van der Waals surface area contributed by atoms with Crippen molar-refractivity contribution in [3.63, 3.8) is 0 Å². The zero-order valence-electron chi connectivity index (χ0n) is 6.83. The van der Waals surface area contributed by atoms with Crippen molar-refractivity contribution in [1.82, 2.24) is 4.90 Å². The molecule has 3 nitrogen and oxygen atoms in total. The maximum absolute atomic E-state index is 9.86.